The minimum Gasteiger partial charge on any atom is -0.343 e. The molecule has 2 N–H and O–H groups in total. The summed E-state index contributed by atoms with van der Waals surface area (Å²) in [6.07, 6.45) is 4.54. The Balaban J connectivity index is 1.97. The molecule has 0 aromatic heterocycles. The van der Waals surface area contributed by atoms with E-state index in [1.54, 1.807) is 0 Å². The van der Waals surface area contributed by atoms with Gasteiger partial charge in [0, 0.05) is 25.7 Å². The van der Waals surface area contributed by atoms with E-state index in [9.17, 15) is 9.59 Å². The van der Waals surface area contributed by atoms with Gasteiger partial charge in [0.1, 0.15) is 6.04 Å². The van der Waals surface area contributed by atoms with Crippen LogP contribution in [-0.2, 0) is 16.0 Å². The molecule has 0 spiro atoms. The molecule has 1 aliphatic heterocycles. The van der Waals surface area contributed by atoms with Crippen LogP contribution in [-0.4, -0.2) is 99.0 Å². The standard InChI is InChI=1S/C25H43N5O2/c1-20(28(3)4)24(31)27-23(14-9-16-26-2)25(32)30-17-10-13-22(30)19-29(5)18-15-21-11-7-6-8-12-21/h6-8,11-12,20,22-23,26H,9-10,13-19H2,1-5H3,(H,27,31)/t20-,22-,23-/m0/s1. The van der Waals surface area contributed by atoms with E-state index in [1.165, 1.54) is 5.56 Å². The number of nitrogens with one attached hydrogen (secondary N) is 2. The van der Waals surface area contributed by atoms with Gasteiger partial charge in [-0.15, -0.1) is 0 Å². The third-order valence-electron chi connectivity index (χ3n) is 6.50. The third-order valence-corrected chi connectivity index (χ3v) is 6.50. The first-order valence-corrected chi connectivity index (χ1v) is 12.0. The quantitative estimate of drug-likeness (QED) is 0.452. The lowest BCUT2D eigenvalue weighted by molar-refractivity contribution is -0.138. The predicted molar refractivity (Wildman–Crippen MR) is 131 cm³/mol. The molecular formula is C25H43N5O2. The van der Waals surface area contributed by atoms with Gasteiger partial charge in [0.2, 0.25) is 11.8 Å². The molecule has 1 saturated heterocycles. The Morgan fingerprint density at radius 1 is 1.19 bits per heavy atom. The van der Waals surface area contributed by atoms with Gasteiger partial charge in [0.05, 0.1) is 6.04 Å². The molecule has 2 rings (SSSR count). The molecule has 7 nitrogen and oxygen atoms in total. The lowest BCUT2D eigenvalue weighted by atomic mass is 10.1. The maximum atomic E-state index is 13.5. The molecule has 1 aliphatic rings. The van der Waals surface area contributed by atoms with Gasteiger partial charge in [-0.3, -0.25) is 14.5 Å². The molecular weight excluding hydrogens is 402 g/mol. The van der Waals surface area contributed by atoms with Gasteiger partial charge in [-0.2, -0.15) is 0 Å². The Kier molecular flexibility index (Phi) is 11.1. The summed E-state index contributed by atoms with van der Waals surface area (Å²) >= 11 is 0. The van der Waals surface area contributed by atoms with Gasteiger partial charge >= 0.3 is 0 Å². The number of carbonyl (C=O) groups excluding carboxylic acids is 2. The predicted octanol–water partition coefficient (Wildman–Crippen LogP) is 1.59. The third kappa shape index (κ3) is 8.19. The second-order valence-electron chi connectivity index (χ2n) is 9.27. The smallest absolute Gasteiger partial charge is 0.245 e. The number of likely N-dealkylation sites (tertiary alicyclic amines) is 1. The van der Waals surface area contributed by atoms with E-state index < -0.39 is 6.04 Å². The van der Waals surface area contributed by atoms with E-state index in [-0.39, 0.29) is 23.9 Å². The van der Waals surface area contributed by atoms with E-state index in [4.69, 9.17) is 0 Å². The summed E-state index contributed by atoms with van der Waals surface area (Å²) in [6.45, 7) is 5.30. The Morgan fingerprint density at radius 2 is 1.91 bits per heavy atom. The van der Waals surface area contributed by atoms with Crippen LogP contribution in [0.1, 0.15) is 38.2 Å². The molecule has 0 radical (unpaired) electrons. The van der Waals surface area contributed by atoms with Crippen LogP contribution in [0.5, 0.6) is 0 Å². The number of hydrogen-bond donors (Lipinski definition) is 2. The van der Waals surface area contributed by atoms with Crippen molar-refractivity contribution in [1.29, 1.82) is 0 Å². The summed E-state index contributed by atoms with van der Waals surface area (Å²) in [5, 5.41) is 6.18. The molecule has 1 fully saturated rings. The van der Waals surface area contributed by atoms with Gasteiger partial charge in [-0.1, -0.05) is 30.3 Å². The van der Waals surface area contributed by atoms with E-state index in [2.05, 4.69) is 46.8 Å². The van der Waals surface area contributed by atoms with E-state index in [0.717, 1.165) is 51.9 Å². The summed E-state index contributed by atoms with van der Waals surface area (Å²) in [4.78, 5) is 32.4. The van der Waals surface area contributed by atoms with Crippen molar-refractivity contribution in [3.8, 4) is 0 Å². The number of hydrogen-bond acceptors (Lipinski definition) is 5. The van der Waals surface area contributed by atoms with E-state index in [1.807, 2.05) is 43.9 Å². The Hall–Kier alpha value is -1.96. The fourth-order valence-electron chi connectivity index (χ4n) is 4.20. The fourth-order valence-corrected chi connectivity index (χ4v) is 4.20. The molecule has 2 amide bonds. The van der Waals surface area contributed by atoms with Gasteiger partial charge in [0.15, 0.2) is 0 Å². The van der Waals surface area contributed by atoms with E-state index in [0.29, 0.717) is 6.42 Å². The number of benzene rings is 1. The van der Waals surface area contributed by atoms with Crippen molar-refractivity contribution in [2.24, 2.45) is 0 Å². The van der Waals surface area contributed by atoms with Gasteiger partial charge < -0.3 is 20.4 Å². The molecule has 1 aromatic rings. The summed E-state index contributed by atoms with van der Waals surface area (Å²) in [5.74, 6) is -0.0205. The zero-order chi connectivity index (χ0) is 23.5. The average molecular weight is 446 g/mol. The van der Waals surface area contributed by atoms with Crippen LogP contribution in [0, 0.1) is 0 Å². The first kappa shape index (κ1) is 26.3. The van der Waals surface area contributed by atoms with Crippen molar-refractivity contribution in [2.45, 2.75) is 57.2 Å². The molecule has 0 saturated carbocycles. The van der Waals surface area contributed by atoms with Gasteiger partial charge in [0.25, 0.3) is 0 Å². The molecule has 180 valence electrons. The summed E-state index contributed by atoms with van der Waals surface area (Å²) < 4.78 is 0. The fraction of sp³-hybridized carbons (Fsp3) is 0.680. The normalized spacial score (nSPS) is 18.2. The molecule has 0 unspecified atom stereocenters. The second-order valence-corrected chi connectivity index (χ2v) is 9.27. The Labute approximate surface area is 194 Å². The second kappa shape index (κ2) is 13.6. The zero-order valence-electron chi connectivity index (χ0n) is 20.6. The van der Waals surface area contributed by atoms with Crippen LogP contribution in [0.3, 0.4) is 0 Å². The van der Waals surface area contributed by atoms with Crippen molar-refractivity contribution >= 4 is 11.8 Å². The highest BCUT2D eigenvalue weighted by Crippen LogP contribution is 2.20. The number of amides is 2. The van der Waals surface area contributed by atoms with Crippen LogP contribution >= 0.6 is 0 Å². The summed E-state index contributed by atoms with van der Waals surface area (Å²) in [5.41, 5.74) is 1.33. The Morgan fingerprint density at radius 3 is 2.56 bits per heavy atom. The number of nitrogens with zero attached hydrogens (tertiary/aromatic N) is 3. The van der Waals surface area contributed by atoms with Crippen molar-refractivity contribution in [2.75, 3.05) is 54.4 Å². The first-order valence-electron chi connectivity index (χ1n) is 12.0. The molecule has 1 aromatic carbocycles. The molecule has 3 atom stereocenters. The van der Waals surface area contributed by atoms with Gasteiger partial charge in [-0.25, -0.2) is 0 Å². The average Bonchev–Trinajstić information content (AvgIpc) is 3.24. The van der Waals surface area contributed by atoms with Crippen LogP contribution in [0.2, 0.25) is 0 Å². The molecule has 7 heteroatoms. The molecule has 32 heavy (non-hydrogen) atoms. The minimum atomic E-state index is -0.464. The number of carbonyl (C=O) groups is 2. The van der Waals surface area contributed by atoms with Crippen LogP contribution in [0.25, 0.3) is 0 Å². The van der Waals surface area contributed by atoms with Crippen LogP contribution < -0.4 is 10.6 Å². The molecule has 1 heterocycles. The summed E-state index contributed by atoms with van der Waals surface area (Å²) in [7, 11) is 7.80. The van der Waals surface area contributed by atoms with Crippen LogP contribution in [0.4, 0.5) is 0 Å². The SMILES string of the molecule is CNCCC[C@H](NC(=O)[C@H](C)N(C)C)C(=O)N1CCC[C@H]1CN(C)CCc1ccccc1. The van der Waals surface area contributed by atoms with Crippen molar-refractivity contribution in [3.05, 3.63) is 35.9 Å². The van der Waals surface area contributed by atoms with Crippen molar-refractivity contribution in [3.63, 3.8) is 0 Å². The van der Waals surface area contributed by atoms with E-state index >= 15 is 0 Å². The largest absolute Gasteiger partial charge is 0.343 e. The monoisotopic (exact) mass is 445 g/mol. The summed E-state index contributed by atoms with van der Waals surface area (Å²) in [6, 6.07) is 9.98. The van der Waals surface area contributed by atoms with Crippen molar-refractivity contribution < 1.29 is 9.59 Å². The van der Waals surface area contributed by atoms with Crippen molar-refractivity contribution in [1.82, 2.24) is 25.3 Å². The lowest BCUT2D eigenvalue weighted by Gasteiger charge is -2.32. The molecule has 0 aliphatic carbocycles. The topological polar surface area (TPSA) is 67.9 Å². The zero-order valence-corrected chi connectivity index (χ0v) is 20.6. The van der Waals surface area contributed by atoms with Crippen LogP contribution in [0.15, 0.2) is 30.3 Å². The maximum Gasteiger partial charge on any atom is 0.245 e. The molecule has 0 bridgehead atoms. The highest BCUT2D eigenvalue weighted by molar-refractivity contribution is 5.89. The maximum absolute atomic E-state index is 13.5. The number of rotatable bonds is 13. The number of likely N-dealkylation sites (N-methyl/N-ethyl adjacent to an activating group) is 2. The highest BCUT2D eigenvalue weighted by atomic mass is 16.2. The lowest BCUT2D eigenvalue weighted by Crippen LogP contribution is -2.54. The Bertz CT molecular complexity index is 697. The van der Waals surface area contributed by atoms with Gasteiger partial charge in [-0.05, 0) is 79.3 Å². The first-order chi connectivity index (χ1) is 15.3. The minimum absolute atomic E-state index is 0.0689. The highest BCUT2D eigenvalue weighted by Gasteiger charge is 2.34.